The molecule has 1 aliphatic rings. The molecule has 6 nitrogen and oxygen atoms in total. The van der Waals surface area contributed by atoms with Crippen LogP contribution in [0.4, 0.5) is 0 Å². The van der Waals surface area contributed by atoms with Crippen molar-refractivity contribution in [1.29, 1.82) is 0 Å². The van der Waals surface area contributed by atoms with E-state index in [-0.39, 0.29) is 18.2 Å². The number of nitrogens with one attached hydrogen (secondary N) is 1. The third-order valence-corrected chi connectivity index (χ3v) is 5.89. The number of benzene rings is 1. The molecule has 2 aromatic rings. The summed E-state index contributed by atoms with van der Waals surface area (Å²) in [5, 5.41) is 4.26. The SMILES string of the molecule is CCCCc1cc(OC2CCN(C(COC)NC(=O)CCC)CC2)c2ncccc2c1. The standard InChI is InChI=1S/C25H37N3O3/c1-4-6-9-19-16-20-10-7-13-26-25(20)22(17-19)31-21-11-14-28(15-12-21)23(18-30-3)27-24(29)8-5-2/h7,10,13,16-17,21,23H,4-6,8-9,11-12,14-15,18H2,1-3H3,(H,27,29). The summed E-state index contributed by atoms with van der Waals surface area (Å²) in [7, 11) is 1.68. The fourth-order valence-corrected chi connectivity index (χ4v) is 4.20. The van der Waals surface area contributed by atoms with Crippen LogP contribution in [0.1, 0.15) is 57.9 Å². The molecule has 2 heterocycles. The van der Waals surface area contributed by atoms with E-state index in [2.05, 4.69) is 40.3 Å². The Morgan fingerprint density at radius 3 is 2.77 bits per heavy atom. The number of rotatable bonds is 11. The topological polar surface area (TPSA) is 63.7 Å². The zero-order valence-electron chi connectivity index (χ0n) is 19.2. The van der Waals surface area contributed by atoms with Crippen LogP contribution >= 0.6 is 0 Å². The first kappa shape index (κ1) is 23.5. The first-order valence-corrected chi connectivity index (χ1v) is 11.7. The van der Waals surface area contributed by atoms with Crippen LogP contribution in [-0.4, -0.2) is 54.9 Å². The van der Waals surface area contributed by atoms with Gasteiger partial charge in [-0.3, -0.25) is 14.7 Å². The summed E-state index contributed by atoms with van der Waals surface area (Å²) in [6.45, 7) is 6.46. The number of ether oxygens (including phenoxy) is 2. The maximum Gasteiger partial charge on any atom is 0.221 e. The van der Waals surface area contributed by atoms with Gasteiger partial charge in [0.25, 0.3) is 0 Å². The molecule has 0 aliphatic carbocycles. The van der Waals surface area contributed by atoms with Crippen LogP contribution in [0.15, 0.2) is 30.5 Å². The van der Waals surface area contributed by atoms with Crippen molar-refractivity contribution in [2.75, 3.05) is 26.8 Å². The van der Waals surface area contributed by atoms with Crippen LogP contribution in [0, 0.1) is 0 Å². The zero-order chi connectivity index (χ0) is 22.1. The molecule has 3 rings (SSSR count). The first-order chi connectivity index (χ1) is 15.1. The molecule has 1 N–H and O–H groups in total. The van der Waals surface area contributed by atoms with E-state index in [1.165, 1.54) is 18.4 Å². The molecule has 170 valence electrons. The lowest BCUT2D eigenvalue weighted by Gasteiger charge is -2.37. The van der Waals surface area contributed by atoms with E-state index in [9.17, 15) is 4.79 Å². The van der Waals surface area contributed by atoms with Crippen molar-refractivity contribution in [2.24, 2.45) is 0 Å². The van der Waals surface area contributed by atoms with Crippen LogP contribution < -0.4 is 10.1 Å². The van der Waals surface area contributed by atoms with E-state index in [0.717, 1.165) is 55.4 Å². The maximum atomic E-state index is 12.1. The Hall–Kier alpha value is -2.18. The molecule has 1 saturated heterocycles. The number of carbonyl (C=O) groups excluding carboxylic acids is 1. The van der Waals surface area contributed by atoms with Gasteiger partial charge in [-0.15, -0.1) is 0 Å². The van der Waals surface area contributed by atoms with Crippen molar-refractivity contribution >= 4 is 16.8 Å². The summed E-state index contributed by atoms with van der Waals surface area (Å²) in [6.07, 6.45) is 8.54. The number of unbranched alkanes of at least 4 members (excludes halogenated alkanes) is 1. The van der Waals surface area contributed by atoms with Gasteiger partial charge in [-0.05, 0) is 55.9 Å². The molecule has 0 spiro atoms. The van der Waals surface area contributed by atoms with Crippen LogP contribution in [0.5, 0.6) is 5.75 Å². The highest BCUT2D eigenvalue weighted by Crippen LogP contribution is 2.29. The van der Waals surface area contributed by atoms with Gasteiger partial charge < -0.3 is 14.8 Å². The summed E-state index contributed by atoms with van der Waals surface area (Å²) in [5.41, 5.74) is 2.25. The lowest BCUT2D eigenvalue weighted by atomic mass is 10.0. The van der Waals surface area contributed by atoms with Crippen LogP contribution in [0.2, 0.25) is 0 Å². The van der Waals surface area contributed by atoms with Gasteiger partial charge in [-0.2, -0.15) is 0 Å². The fraction of sp³-hybridized carbons (Fsp3) is 0.600. The van der Waals surface area contributed by atoms with Crippen molar-refractivity contribution in [3.8, 4) is 5.75 Å². The third kappa shape index (κ3) is 6.65. The number of nitrogens with zero attached hydrogens (tertiary/aromatic N) is 2. The van der Waals surface area contributed by atoms with E-state index in [0.29, 0.717) is 13.0 Å². The predicted molar refractivity (Wildman–Crippen MR) is 124 cm³/mol. The van der Waals surface area contributed by atoms with Gasteiger partial charge in [0.15, 0.2) is 0 Å². The number of aromatic nitrogens is 1. The summed E-state index contributed by atoms with van der Waals surface area (Å²) in [5.74, 6) is 0.983. The number of amides is 1. The molecule has 1 aliphatic heterocycles. The van der Waals surface area contributed by atoms with Gasteiger partial charge in [0, 0.05) is 38.2 Å². The highest BCUT2D eigenvalue weighted by Gasteiger charge is 2.27. The Bertz CT molecular complexity index is 834. The first-order valence-electron chi connectivity index (χ1n) is 11.7. The largest absolute Gasteiger partial charge is 0.488 e. The monoisotopic (exact) mass is 427 g/mol. The number of likely N-dealkylation sites (tertiary alicyclic amines) is 1. The minimum Gasteiger partial charge on any atom is -0.488 e. The van der Waals surface area contributed by atoms with Gasteiger partial charge in [0.1, 0.15) is 23.5 Å². The molecule has 1 fully saturated rings. The lowest BCUT2D eigenvalue weighted by molar-refractivity contribution is -0.124. The van der Waals surface area contributed by atoms with Crippen molar-refractivity contribution < 1.29 is 14.3 Å². The van der Waals surface area contributed by atoms with Gasteiger partial charge >= 0.3 is 0 Å². The second-order valence-electron chi connectivity index (χ2n) is 8.41. The number of hydrogen-bond donors (Lipinski definition) is 1. The van der Waals surface area contributed by atoms with Crippen LogP contribution in [0.25, 0.3) is 10.9 Å². The molecule has 1 aromatic heterocycles. The van der Waals surface area contributed by atoms with E-state index in [1.54, 1.807) is 7.11 Å². The summed E-state index contributed by atoms with van der Waals surface area (Å²) < 4.78 is 11.8. The second-order valence-corrected chi connectivity index (χ2v) is 8.41. The lowest BCUT2D eigenvalue weighted by Crippen LogP contribution is -2.54. The Balaban J connectivity index is 1.64. The molecule has 1 atom stereocenters. The Morgan fingerprint density at radius 1 is 1.26 bits per heavy atom. The fourth-order valence-electron chi connectivity index (χ4n) is 4.20. The Morgan fingerprint density at radius 2 is 2.06 bits per heavy atom. The molecular weight excluding hydrogens is 390 g/mol. The Kier molecular flexibility index (Phi) is 9.10. The molecule has 31 heavy (non-hydrogen) atoms. The zero-order valence-corrected chi connectivity index (χ0v) is 19.2. The van der Waals surface area contributed by atoms with Gasteiger partial charge in [0.2, 0.25) is 5.91 Å². The molecule has 6 heteroatoms. The second kappa shape index (κ2) is 12.0. The average Bonchev–Trinajstić information content (AvgIpc) is 2.78. The van der Waals surface area contributed by atoms with Crippen molar-refractivity contribution in [2.45, 2.75) is 71.1 Å². The molecular formula is C25H37N3O3. The summed E-state index contributed by atoms with van der Waals surface area (Å²) in [6, 6.07) is 8.51. The van der Waals surface area contributed by atoms with Crippen molar-refractivity contribution in [3.05, 3.63) is 36.0 Å². The molecule has 0 radical (unpaired) electrons. The van der Waals surface area contributed by atoms with E-state index in [1.807, 2.05) is 19.2 Å². The highest BCUT2D eigenvalue weighted by atomic mass is 16.5. The number of fused-ring (bicyclic) bond motifs is 1. The number of piperidine rings is 1. The van der Waals surface area contributed by atoms with E-state index in [4.69, 9.17) is 9.47 Å². The van der Waals surface area contributed by atoms with Crippen molar-refractivity contribution in [1.82, 2.24) is 15.2 Å². The smallest absolute Gasteiger partial charge is 0.221 e. The molecule has 1 unspecified atom stereocenters. The molecule has 1 amide bonds. The quantitative estimate of drug-likeness (QED) is 0.579. The van der Waals surface area contributed by atoms with Crippen LogP contribution in [-0.2, 0) is 16.0 Å². The van der Waals surface area contributed by atoms with E-state index >= 15 is 0 Å². The number of methoxy groups -OCH3 is 1. The normalized spacial score (nSPS) is 16.4. The number of hydrogen-bond acceptors (Lipinski definition) is 5. The minimum absolute atomic E-state index is 0.0788. The molecule has 1 aromatic carbocycles. The highest BCUT2D eigenvalue weighted by molar-refractivity contribution is 5.85. The molecule has 0 bridgehead atoms. The van der Waals surface area contributed by atoms with Gasteiger partial charge in [-0.25, -0.2) is 0 Å². The van der Waals surface area contributed by atoms with Crippen LogP contribution in [0.3, 0.4) is 0 Å². The third-order valence-electron chi connectivity index (χ3n) is 5.89. The van der Waals surface area contributed by atoms with Gasteiger partial charge in [0.05, 0.1) is 6.61 Å². The Labute approximate surface area is 186 Å². The number of aryl methyl sites for hydroxylation is 1. The average molecular weight is 428 g/mol. The number of carbonyl (C=O) groups is 1. The van der Waals surface area contributed by atoms with Crippen molar-refractivity contribution in [3.63, 3.8) is 0 Å². The molecule has 0 saturated carbocycles. The number of pyridine rings is 1. The summed E-state index contributed by atoms with van der Waals surface area (Å²) >= 11 is 0. The maximum absolute atomic E-state index is 12.1. The van der Waals surface area contributed by atoms with E-state index < -0.39 is 0 Å². The van der Waals surface area contributed by atoms with Gasteiger partial charge in [-0.1, -0.05) is 26.3 Å². The minimum atomic E-state index is -0.0788. The summed E-state index contributed by atoms with van der Waals surface area (Å²) in [4.78, 5) is 19.0. The predicted octanol–water partition coefficient (Wildman–Crippen LogP) is 4.31.